The average Bonchev–Trinajstić information content (AvgIpc) is 2.73. The Morgan fingerprint density at radius 2 is 2.05 bits per heavy atom. The first-order valence-electron chi connectivity index (χ1n) is 8.04. The maximum atomic E-state index is 12.6. The predicted octanol–water partition coefficient (Wildman–Crippen LogP) is 2.54. The van der Waals surface area contributed by atoms with E-state index in [1.807, 2.05) is 31.9 Å². The van der Waals surface area contributed by atoms with Gasteiger partial charge in [0, 0.05) is 29.5 Å². The van der Waals surface area contributed by atoms with Gasteiger partial charge in [-0.3, -0.25) is 9.69 Å². The Morgan fingerprint density at radius 1 is 1.38 bits per heavy atom. The molecule has 1 saturated carbocycles. The van der Waals surface area contributed by atoms with E-state index in [1.54, 1.807) is 0 Å². The van der Waals surface area contributed by atoms with E-state index in [4.69, 9.17) is 0 Å². The lowest BCUT2D eigenvalue weighted by molar-refractivity contribution is 0.0322. The van der Waals surface area contributed by atoms with E-state index in [0.29, 0.717) is 6.54 Å². The van der Waals surface area contributed by atoms with E-state index in [1.165, 1.54) is 0 Å². The van der Waals surface area contributed by atoms with Crippen LogP contribution in [0.1, 0.15) is 54.4 Å². The summed E-state index contributed by atoms with van der Waals surface area (Å²) in [6.45, 7) is 7.43. The van der Waals surface area contributed by atoms with Gasteiger partial charge in [-0.1, -0.05) is 12.8 Å². The number of ketones is 1. The van der Waals surface area contributed by atoms with Crippen LogP contribution >= 0.6 is 0 Å². The molecule has 1 aliphatic rings. The number of hydrogen-bond donors (Lipinski definition) is 1. The fraction of sp³-hybridized carbons (Fsp3) is 0.706. The number of likely N-dealkylation sites (N-methyl/N-ethyl adjacent to an activating group) is 1. The monoisotopic (exact) mass is 292 g/mol. The van der Waals surface area contributed by atoms with E-state index >= 15 is 0 Å². The minimum Gasteiger partial charge on any atom is -0.391 e. The lowest BCUT2D eigenvalue weighted by Gasteiger charge is -2.34. The summed E-state index contributed by atoms with van der Waals surface area (Å²) < 4.78 is 2.17. The normalized spacial score (nSPS) is 22.8. The van der Waals surface area contributed by atoms with Crippen molar-refractivity contribution in [2.75, 3.05) is 13.6 Å². The van der Waals surface area contributed by atoms with Crippen LogP contribution in [0.15, 0.2) is 6.07 Å². The van der Waals surface area contributed by atoms with Gasteiger partial charge >= 0.3 is 0 Å². The van der Waals surface area contributed by atoms with Crippen molar-refractivity contribution in [1.29, 1.82) is 0 Å². The topological polar surface area (TPSA) is 45.5 Å². The number of rotatable bonds is 5. The van der Waals surface area contributed by atoms with Gasteiger partial charge in [-0.05, 0) is 46.7 Å². The molecule has 1 aliphatic carbocycles. The first-order chi connectivity index (χ1) is 9.95. The molecule has 4 nitrogen and oxygen atoms in total. The molecule has 0 radical (unpaired) electrons. The van der Waals surface area contributed by atoms with Crippen LogP contribution < -0.4 is 0 Å². The highest BCUT2D eigenvalue weighted by Gasteiger charge is 2.28. The molecule has 21 heavy (non-hydrogen) atoms. The number of nitrogens with zero attached hydrogens (tertiary/aromatic N) is 2. The molecule has 1 aromatic heterocycles. The average molecular weight is 292 g/mol. The zero-order valence-corrected chi connectivity index (χ0v) is 13.7. The molecule has 0 saturated heterocycles. The molecule has 2 unspecified atom stereocenters. The van der Waals surface area contributed by atoms with Crippen LogP contribution in [0.5, 0.6) is 0 Å². The van der Waals surface area contributed by atoms with Gasteiger partial charge in [-0.25, -0.2) is 0 Å². The van der Waals surface area contributed by atoms with Crippen molar-refractivity contribution in [1.82, 2.24) is 9.47 Å². The quantitative estimate of drug-likeness (QED) is 0.848. The molecule has 1 aromatic rings. The SMILES string of the molecule is CCn1c(C)cc(C(=O)CN(C)C2CCCCC2O)c1C. The van der Waals surface area contributed by atoms with Crippen molar-refractivity contribution in [3.8, 4) is 0 Å². The number of hydrogen-bond acceptors (Lipinski definition) is 3. The van der Waals surface area contributed by atoms with Gasteiger partial charge in [0.25, 0.3) is 0 Å². The summed E-state index contributed by atoms with van der Waals surface area (Å²) in [5.74, 6) is 0.156. The Labute approximate surface area is 127 Å². The molecule has 1 fully saturated rings. The molecule has 2 rings (SSSR count). The van der Waals surface area contributed by atoms with Gasteiger partial charge in [-0.15, -0.1) is 0 Å². The van der Waals surface area contributed by atoms with Crippen molar-refractivity contribution < 1.29 is 9.90 Å². The highest BCUT2D eigenvalue weighted by atomic mass is 16.3. The second-order valence-corrected chi connectivity index (χ2v) is 6.29. The second-order valence-electron chi connectivity index (χ2n) is 6.29. The van der Waals surface area contributed by atoms with E-state index < -0.39 is 0 Å². The number of aliphatic hydroxyl groups is 1. The van der Waals surface area contributed by atoms with Crippen molar-refractivity contribution in [2.24, 2.45) is 0 Å². The third-order valence-electron chi connectivity index (χ3n) is 4.84. The first kappa shape index (κ1) is 16.2. The molecule has 1 N–H and O–H groups in total. The molecule has 0 aromatic carbocycles. The minimum absolute atomic E-state index is 0.123. The summed E-state index contributed by atoms with van der Waals surface area (Å²) in [5, 5.41) is 10.1. The number of aliphatic hydroxyl groups excluding tert-OH is 1. The van der Waals surface area contributed by atoms with Crippen molar-refractivity contribution >= 4 is 5.78 Å². The Hall–Kier alpha value is -1.13. The van der Waals surface area contributed by atoms with Gasteiger partial charge < -0.3 is 9.67 Å². The van der Waals surface area contributed by atoms with Crippen LogP contribution in [0.3, 0.4) is 0 Å². The lowest BCUT2D eigenvalue weighted by Crippen LogP contribution is -2.45. The summed E-state index contributed by atoms with van der Waals surface area (Å²) in [5.41, 5.74) is 3.02. The van der Waals surface area contributed by atoms with E-state index in [2.05, 4.69) is 11.5 Å². The fourth-order valence-corrected chi connectivity index (χ4v) is 3.60. The summed E-state index contributed by atoms with van der Waals surface area (Å²) in [7, 11) is 1.95. The molecular weight excluding hydrogens is 264 g/mol. The predicted molar refractivity (Wildman–Crippen MR) is 84.8 cm³/mol. The number of carbonyl (C=O) groups is 1. The Balaban J connectivity index is 2.07. The first-order valence-corrected chi connectivity index (χ1v) is 8.04. The minimum atomic E-state index is -0.292. The standard InChI is InChI=1S/C17H28N2O2/c1-5-19-12(2)10-14(13(19)3)17(21)11-18(4)15-8-6-7-9-16(15)20/h10,15-16,20H,5-9,11H2,1-4H3. The Morgan fingerprint density at radius 3 is 2.62 bits per heavy atom. The Kier molecular flexibility index (Phi) is 5.22. The number of aryl methyl sites for hydroxylation is 1. The molecule has 0 aliphatic heterocycles. The number of Topliss-reactive ketones (excluding diaryl/α,β-unsaturated/α-hetero) is 1. The summed E-state index contributed by atoms with van der Waals surface area (Å²) >= 11 is 0. The maximum Gasteiger partial charge on any atom is 0.178 e. The molecule has 4 heteroatoms. The molecule has 118 valence electrons. The highest BCUT2D eigenvalue weighted by Crippen LogP contribution is 2.23. The summed E-state index contributed by atoms with van der Waals surface area (Å²) in [4.78, 5) is 14.6. The van der Waals surface area contributed by atoms with Gasteiger partial charge in [0.2, 0.25) is 0 Å². The van der Waals surface area contributed by atoms with Gasteiger partial charge in [0.1, 0.15) is 0 Å². The largest absolute Gasteiger partial charge is 0.391 e. The maximum absolute atomic E-state index is 12.6. The zero-order valence-electron chi connectivity index (χ0n) is 13.7. The van der Waals surface area contributed by atoms with E-state index in [-0.39, 0.29) is 17.9 Å². The van der Waals surface area contributed by atoms with Crippen molar-refractivity contribution in [3.63, 3.8) is 0 Å². The van der Waals surface area contributed by atoms with Crippen LogP contribution in [0.4, 0.5) is 0 Å². The molecule has 0 spiro atoms. The van der Waals surface area contributed by atoms with E-state index in [0.717, 1.165) is 49.2 Å². The molecular formula is C17H28N2O2. The summed E-state index contributed by atoms with van der Waals surface area (Å²) in [6, 6.07) is 2.11. The van der Waals surface area contributed by atoms with Crippen LogP contribution in [-0.4, -0.2) is 46.1 Å². The van der Waals surface area contributed by atoms with Crippen LogP contribution in [-0.2, 0) is 6.54 Å². The number of aromatic nitrogens is 1. The van der Waals surface area contributed by atoms with E-state index in [9.17, 15) is 9.90 Å². The van der Waals surface area contributed by atoms with Gasteiger partial charge in [-0.2, -0.15) is 0 Å². The molecule has 1 heterocycles. The van der Waals surface area contributed by atoms with Gasteiger partial charge in [0.05, 0.1) is 12.6 Å². The van der Waals surface area contributed by atoms with Crippen LogP contribution in [0.2, 0.25) is 0 Å². The highest BCUT2D eigenvalue weighted by molar-refractivity contribution is 5.99. The summed E-state index contributed by atoms with van der Waals surface area (Å²) in [6.07, 6.45) is 3.79. The zero-order chi connectivity index (χ0) is 15.6. The molecule has 2 atom stereocenters. The molecule has 0 bridgehead atoms. The van der Waals surface area contributed by atoms with Crippen LogP contribution in [0.25, 0.3) is 0 Å². The van der Waals surface area contributed by atoms with Gasteiger partial charge in [0.15, 0.2) is 5.78 Å². The van der Waals surface area contributed by atoms with Crippen LogP contribution in [0, 0.1) is 13.8 Å². The Bertz CT molecular complexity index is 507. The third kappa shape index (κ3) is 3.38. The third-order valence-corrected chi connectivity index (χ3v) is 4.84. The smallest absolute Gasteiger partial charge is 0.178 e. The van der Waals surface area contributed by atoms with Crippen molar-refractivity contribution in [2.45, 2.75) is 65.1 Å². The second kappa shape index (κ2) is 6.75. The fourth-order valence-electron chi connectivity index (χ4n) is 3.60. The lowest BCUT2D eigenvalue weighted by atomic mass is 9.91. The number of carbonyl (C=O) groups excluding carboxylic acids is 1. The van der Waals surface area contributed by atoms with Crippen molar-refractivity contribution in [3.05, 3.63) is 23.0 Å². The molecule has 0 amide bonds.